The van der Waals surface area contributed by atoms with Gasteiger partial charge in [0.1, 0.15) is 0 Å². The smallest absolute Gasteiger partial charge is 0.198 e. The molecule has 87 heavy (non-hydrogen) atoms. The van der Waals surface area contributed by atoms with Crippen LogP contribution in [0.2, 0.25) is 0 Å². The number of benzene rings is 7. The Morgan fingerprint density at radius 1 is 0.241 bits per heavy atom. The summed E-state index contributed by atoms with van der Waals surface area (Å²) in [6.07, 6.45) is 0. The molecule has 12 heteroatoms. The standard InChI is InChI=1S/C75H84N12/c1-70(2,3)49-19-31-55(32-20-49)76-64-65(77-56-33-21-50(22-34-56)71(4,5)6)83-61(82-64)46-43-47(62-84-66(78-57-35-23-51(24-36-57)72(7,8)9)67(85-62)79-58-37-25-52(26-38-58)73(10,11)12)45-48(44-46)63-86-68(80-59-39-27-53(28-40-59)74(13,14)15)69(87-63)81-60-41-29-54(30-42-60)75(16,17)18/h19-45H,1-18H3,(H,76,77,82,83)(H,78,79,84,85)(H,80,81,86,87). The molecule has 0 aliphatic carbocycles. The Bertz CT molecular complexity index is 3580. The van der Waals surface area contributed by atoms with E-state index in [9.17, 15) is 0 Å². The van der Waals surface area contributed by atoms with Crippen LogP contribution in [-0.4, -0.2) is 52.5 Å². The van der Waals surface area contributed by atoms with E-state index in [0.29, 0.717) is 69.2 Å². The zero-order valence-electron chi connectivity index (χ0n) is 54.1. The number of nitrogens with one attached hydrogen (secondary N) is 3. The maximum absolute atomic E-state index is 5.28. The van der Waals surface area contributed by atoms with Gasteiger partial charge in [0.15, 0.2) is 52.5 Å². The second-order valence-electron chi connectivity index (χ2n) is 29.0. The second-order valence-corrected chi connectivity index (χ2v) is 29.0. The fourth-order valence-corrected chi connectivity index (χ4v) is 9.94. The van der Waals surface area contributed by atoms with Crippen LogP contribution in [0.4, 0.5) is 34.1 Å². The van der Waals surface area contributed by atoms with E-state index in [0.717, 1.165) is 34.1 Å². The van der Waals surface area contributed by atoms with Crippen molar-refractivity contribution < 1.29 is 0 Å². The van der Waals surface area contributed by atoms with Crippen molar-refractivity contribution in [2.45, 2.75) is 157 Å². The van der Waals surface area contributed by atoms with Gasteiger partial charge in [-0.15, -0.1) is 0 Å². The summed E-state index contributed by atoms with van der Waals surface area (Å²) in [6, 6.07) is 56.4. The molecule has 0 unspecified atom stereocenters. The van der Waals surface area contributed by atoms with E-state index in [1.807, 2.05) is 54.6 Å². The monoisotopic (exact) mass is 1150 g/mol. The van der Waals surface area contributed by atoms with Crippen molar-refractivity contribution >= 4 is 86.6 Å². The molecule has 0 atom stereocenters. The van der Waals surface area contributed by atoms with Crippen LogP contribution in [0.25, 0.3) is 0 Å². The summed E-state index contributed by atoms with van der Waals surface area (Å²) in [6.45, 7) is 39.8. The Kier molecular flexibility index (Phi) is 16.4. The molecule has 444 valence electrons. The fourth-order valence-electron chi connectivity index (χ4n) is 9.94. The van der Waals surface area contributed by atoms with Gasteiger partial charge < -0.3 is 16.0 Å². The van der Waals surface area contributed by atoms with E-state index in [4.69, 9.17) is 44.9 Å². The molecule has 0 bridgehead atoms. The lowest BCUT2D eigenvalue weighted by molar-refractivity contribution is 0.590. The third-order valence-electron chi connectivity index (χ3n) is 15.6. The largest absolute Gasteiger partial charge is 0.337 e. The molecule has 0 saturated heterocycles. The average molecular weight is 1150 g/mol. The molecule has 10 rings (SSSR count). The lowest BCUT2D eigenvalue weighted by Crippen LogP contribution is -2.19. The van der Waals surface area contributed by atoms with E-state index >= 15 is 0 Å². The lowest BCUT2D eigenvalue weighted by atomic mass is 9.87. The normalized spacial score (nSPS) is 16.4. The first-order valence-corrected chi connectivity index (χ1v) is 30.2. The number of anilines is 3. The molecule has 7 aromatic rings. The van der Waals surface area contributed by atoms with Crippen molar-refractivity contribution in [1.82, 2.24) is 0 Å². The minimum absolute atomic E-state index is 0.0206. The number of nitrogens with zero attached hydrogens (tertiary/aromatic N) is 9. The molecule has 0 spiro atoms. The summed E-state index contributed by atoms with van der Waals surface area (Å²) in [7, 11) is 0. The van der Waals surface area contributed by atoms with Crippen molar-refractivity contribution in [3.63, 3.8) is 0 Å². The van der Waals surface area contributed by atoms with Crippen LogP contribution in [0.1, 0.15) is 175 Å². The quantitative estimate of drug-likeness (QED) is 0.132. The Morgan fingerprint density at radius 3 is 0.609 bits per heavy atom. The van der Waals surface area contributed by atoms with Gasteiger partial charge in [-0.3, -0.25) is 0 Å². The summed E-state index contributed by atoms with van der Waals surface area (Å²) in [5.74, 6) is 4.07. The molecule has 3 heterocycles. The highest BCUT2D eigenvalue weighted by Crippen LogP contribution is 2.32. The molecule has 7 aromatic carbocycles. The highest BCUT2D eigenvalue weighted by atomic mass is 15.2. The van der Waals surface area contributed by atoms with Crippen LogP contribution in [0, 0.1) is 0 Å². The van der Waals surface area contributed by atoms with Crippen molar-refractivity contribution in [2.24, 2.45) is 44.9 Å². The Hall–Kier alpha value is -9.03. The van der Waals surface area contributed by atoms with Crippen molar-refractivity contribution in [1.29, 1.82) is 0 Å². The first kappa shape index (κ1) is 61.1. The molecule has 0 aromatic heterocycles. The predicted molar refractivity (Wildman–Crippen MR) is 371 cm³/mol. The molecular formula is C75H84N12. The van der Waals surface area contributed by atoms with Gasteiger partial charge in [-0.2, -0.15) is 0 Å². The molecule has 3 aliphatic rings. The average Bonchev–Trinajstić information content (AvgIpc) is 2.19. The molecule has 0 fully saturated rings. The lowest BCUT2D eigenvalue weighted by Gasteiger charge is -2.19. The summed E-state index contributed by atoms with van der Waals surface area (Å²) in [5.41, 5.74) is 14.0. The zero-order chi connectivity index (χ0) is 62.4. The van der Waals surface area contributed by atoms with Gasteiger partial charge in [-0.25, -0.2) is 44.9 Å². The molecule has 0 saturated carbocycles. The molecule has 12 nitrogen and oxygen atoms in total. The third kappa shape index (κ3) is 14.8. The van der Waals surface area contributed by atoms with Gasteiger partial charge in [0.25, 0.3) is 0 Å². The molecule has 3 N–H and O–H groups in total. The van der Waals surface area contributed by atoms with Crippen molar-refractivity contribution in [3.8, 4) is 0 Å². The summed E-state index contributed by atoms with van der Waals surface area (Å²) < 4.78 is 0. The molecular weight excluding hydrogens is 1070 g/mol. The second kappa shape index (κ2) is 23.3. The number of aliphatic imine (C=N–C) groups is 9. The van der Waals surface area contributed by atoms with Crippen LogP contribution in [0.3, 0.4) is 0 Å². The molecule has 0 radical (unpaired) electrons. The predicted octanol–water partition coefficient (Wildman–Crippen LogP) is 18.5. The number of rotatable bonds is 9. The maximum Gasteiger partial charge on any atom is 0.198 e. The van der Waals surface area contributed by atoms with Crippen LogP contribution >= 0.6 is 0 Å². The molecule has 0 amide bonds. The van der Waals surface area contributed by atoms with Gasteiger partial charge in [0.2, 0.25) is 0 Å². The number of amidine groups is 9. The van der Waals surface area contributed by atoms with Gasteiger partial charge in [0, 0.05) is 33.8 Å². The van der Waals surface area contributed by atoms with Crippen LogP contribution in [0.15, 0.2) is 209 Å². The van der Waals surface area contributed by atoms with E-state index < -0.39 is 0 Å². The summed E-state index contributed by atoms with van der Waals surface area (Å²) >= 11 is 0. The topological polar surface area (TPSA) is 147 Å². The Balaban J connectivity index is 1.15. The highest BCUT2D eigenvalue weighted by molar-refractivity contribution is 6.54. The van der Waals surface area contributed by atoms with Gasteiger partial charge in [-0.1, -0.05) is 197 Å². The Morgan fingerprint density at radius 2 is 0.425 bits per heavy atom. The minimum Gasteiger partial charge on any atom is -0.337 e. The van der Waals surface area contributed by atoms with E-state index in [2.05, 4.69) is 250 Å². The SMILES string of the molecule is CC(C)(C)c1ccc(N=C2N=C(c3cc(C4=NC(=Nc5ccc(C(C)(C)C)cc5)C(Nc5ccc(C(C)(C)C)cc5)=N4)cc(C4=NC(=Nc5ccc(C(C)(C)C)cc5)C(Nc5ccc(C(C)(C)C)cc5)=N4)c3)N=C2Nc2ccc(C(C)(C)C)cc2)cc1. The number of hydrogen-bond donors (Lipinski definition) is 3. The minimum atomic E-state index is -0.0283. The van der Waals surface area contributed by atoms with E-state index in [1.165, 1.54) is 33.4 Å². The van der Waals surface area contributed by atoms with E-state index in [1.54, 1.807) is 0 Å². The van der Waals surface area contributed by atoms with Gasteiger partial charge in [-0.05, 0) is 157 Å². The first-order valence-electron chi connectivity index (χ1n) is 30.2. The summed E-state index contributed by atoms with van der Waals surface area (Å²) in [4.78, 5) is 47.1. The van der Waals surface area contributed by atoms with Crippen molar-refractivity contribution in [2.75, 3.05) is 16.0 Å². The molecule has 3 aliphatic heterocycles. The highest BCUT2D eigenvalue weighted by Gasteiger charge is 2.29. The third-order valence-corrected chi connectivity index (χ3v) is 15.6. The Labute approximate surface area is 516 Å². The van der Waals surface area contributed by atoms with Crippen LogP contribution < -0.4 is 16.0 Å². The first-order chi connectivity index (χ1) is 40.8. The van der Waals surface area contributed by atoms with E-state index in [-0.39, 0.29) is 32.5 Å². The number of hydrogen-bond acceptors (Lipinski definition) is 9. The van der Waals surface area contributed by atoms with Gasteiger partial charge >= 0.3 is 0 Å². The van der Waals surface area contributed by atoms with Crippen molar-refractivity contribution in [3.05, 3.63) is 214 Å². The van der Waals surface area contributed by atoms with Crippen LogP contribution in [0.5, 0.6) is 0 Å². The van der Waals surface area contributed by atoms with Gasteiger partial charge in [0.05, 0.1) is 17.1 Å². The summed E-state index contributed by atoms with van der Waals surface area (Å²) in [5, 5.41) is 10.8. The maximum atomic E-state index is 5.28. The fraction of sp³-hybridized carbons (Fsp3) is 0.320. The van der Waals surface area contributed by atoms with Crippen LogP contribution in [-0.2, 0) is 32.5 Å². The zero-order valence-corrected chi connectivity index (χ0v) is 54.1.